The van der Waals surface area contributed by atoms with Gasteiger partial charge in [0.15, 0.2) is 0 Å². The molecule has 4 nitrogen and oxygen atoms in total. The van der Waals surface area contributed by atoms with E-state index in [9.17, 15) is 0 Å². The number of nitrogens with one attached hydrogen (secondary N) is 2. The van der Waals surface area contributed by atoms with Crippen LogP contribution in [0.5, 0.6) is 0 Å². The smallest absolute Gasteiger partial charge is 0.129 e. The summed E-state index contributed by atoms with van der Waals surface area (Å²) >= 11 is 0. The molecule has 2 heterocycles. The number of nitrogens with zero attached hydrogens (tertiary/aromatic N) is 2. The molecule has 1 aliphatic rings. The van der Waals surface area contributed by atoms with Crippen LogP contribution in [0.15, 0.2) is 12.4 Å². The highest BCUT2D eigenvalue weighted by molar-refractivity contribution is 5.36. The summed E-state index contributed by atoms with van der Waals surface area (Å²) in [6.45, 7) is 13.5. The van der Waals surface area contributed by atoms with E-state index in [1.165, 1.54) is 0 Å². The van der Waals surface area contributed by atoms with Crippen molar-refractivity contribution in [1.29, 1.82) is 0 Å². The number of piperidine rings is 1. The predicted octanol–water partition coefficient (Wildman–Crippen LogP) is 3.40. The minimum absolute atomic E-state index is 0.146. The number of aromatic nitrogens is 2. The molecule has 0 amide bonds. The van der Waals surface area contributed by atoms with Crippen molar-refractivity contribution in [2.45, 2.75) is 77.9 Å². The highest BCUT2D eigenvalue weighted by Gasteiger charge is 2.37. The normalized spacial score (nSPS) is 21.5. The lowest BCUT2D eigenvalue weighted by Gasteiger charge is -2.46. The minimum atomic E-state index is 0.146. The summed E-state index contributed by atoms with van der Waals surface area (Å²) in [4.78, 5) is 8.76. The SMILES string of the molecule is CC(C)Cc1cc(NC2CC(C)(C)NC(C)(C)C2)ncn1. The first kappa shape index (κ1) is 16.2. The van der Waals surface area contributed by atoms with Gasteiger partial charge in [-0.05, 0) is 52.9 Å². The van der Waals surface area contributed by atoms with E-state index in [1.807, 2.05) is 0 Å². The molecule has 2 N–H and O–H groups in total. The average molecular weight is 290 g/mol. The van der Waals surface area contributed by atoms with Crippen molar-refractivity contribution in [3.05, 3.63) is 18.1 Å². The van der Waals surface area contributed by atoms with Crippen LogP contribution in [0.3, 0.4) is 0 Å². The van der Waals surface area contributed by atoms with Gasteiger partial charge in [0.25, 0.3) is 0 Å². The maximum absolute atomic E-state index is 4.39. The van der Waals surface area contributed by atoms with Crippen molar-refractivity contribution in [2.75, 3.05) is 5.32 Å². The zero-order valence-electron chi connectivity index (χ0n) is 14.3. The van der Waals surface area contributed by atoms with Gasteiger partial charge in [-0.25, -0.2) is 9.97 Å². The fourth-order valence-corrected chi connectivity index (χ4v) is 3.64. The first-order valence-corrected chi connectivity index (χ1v) is 8.02. The molecule has 0 aliphatic carbocycles. The van der Waals surface area contributed by atoms with Crippen molar-refractivity contribution >= 4 is 5.82 Å². The Hall–Kier alpha value is -1.16. The maximum Gasteiger partial charge on any atom is 0.129 e. The Bertz CT molecular complexity index is 463. The van der Waals surface area contributed by atoms with Crippen LogP contribution in [-0.2, 0) is 6.42 Å². The number of anilines is 1. The van der Waals surface area contributed by atoms with Gasteiger partial charge in [0.05, 0.1) is 0 Å². The lowest BCUT2D eigenvalue weighted by molar-refractivity contribution is 0.170. The summed E-state index contributed by atoms with van der Waals surface area (Å²) in [5.41, 5.74) is 1.41. The fourth-order valence-electron chi connectivity index (χ4n) is 3.64. The Balaban J connectivity index is 2.07. The summed E-state index contributed by atoms with van der Waals surface area (Å²) in [5.74, 6) is 1.57. The van der Waals surface area contributed by atoms with E-state index in [4.69, 9.17) is 0 Å². The van der Waals surface area contributed by atoms with Crippen LogP contribution in [0.2, 0.25) is 0 Å². The van der Waals surface area contributed by atoms with Crippen LogP contribution in [0, 0.1) is 5.92 Å². The van der Waals surface area contributed by atoms with Gasteiger partial charge in [-0.1, -0.05) is 13.8 Å². The minimum Gasteiger partial charge on any atom is -0.367 e. The maximum atomic E-state index is 4.39. The van der Waals surface area contributed by atoms with Gasteiger partial charge < -0.3 is 10.6 Å². The summed E-state index contributed by atoms with van der Waals surface area (Å²) in [6, 6.07) is 2.54. The second kappa shape index (κ2) is 5.91. The molecule has 0 bridgehead atoms. The predicted molar refractivity (Wildman–Crippen MR) is 88.5 cm³/mol. The van der Waals surface area contributed by atoms with E-state index in [1.54, 1.807) is 6.33 Å². The van der Waals surface area contributed by atoms with Gasteiger partial charge in [0.1, 0.15) is 12.1 Å². The molecule has 1 aromatic heterocycles. The van der Waals surface area contributed by atoms with Gasteiger partial charge >= 0.3 is 0 Å². The molecule has 1 aromatic rings. The molecule has 1 saturated heterocycles. The Morgan fingerprint density at radius 1 is 1.19 bits per heavy atom. The lowest BCUT2D eigenvalue weighted by atomic mass is 9.79. The van der Waals surface area contributed by atoms with E-state index in [0.29, 0.717) is 12.0 Å². The number of hydrogen-bond donors (Lipinski definition) is 2. The largest absolute Gasteiger partial charge is 0.367 e. The highest BCUT2D eigenvalue weighted by atomic mass is 15.1. The third kappa shape index (κ3) is 4.95. The molecule has 118 valence electrons. The van der Waals surface area contributed by atoms with Crippen LogP contribution < -0.4 is 10.6 Å². The molecular weight excluding hydrogens is 260 g/mol. The van der Waals surface area contributed by atoms with Gasteiger partial charge in [-0.15, -0.1) is 0 Å². The van der Waals surface area contributed by atoms with Gasteiger partial charge in [0, 0.05) is 28.9 Å². The monoisotopic (exact) mass is 290 g/mol. The zero-order chi connectivity index (χ0) is 15.7. The van der Waals surface area contributed by atoms with Crippen molar-refractivity contribution in [1.82, 2.24) is 15.3 Å². The lowest BCUT2D eigenvalue weighted by Crippen LogP contribution is -2.60. The Kier molecular flexibility index (Phi) is 4.57. The Labute approximate surface area is 129 Å². The molecule has 0 spiro atoms. The molecule has 2 rings (SSSR count). The first-order chi connectivity index (χ1) is 9.65. The molecule has 21 heavy (non-hydrogen) atoms. The molecule has 1 fully saturated rings. The van der Waals surface area contributed by atoms with Gasteiger partial charge in [-0.3, -0.25) is 0 Å². The summed E-state index contributed by atoms with van der Waals surface area (Å²) in [6.07, 6.45) is 4.87. The average Bonchev–Trinajstić information content (AvgIpc) is 2.23. The quantitative estimate of drug-likeness (QED) is 0.892. The Morgan fingerprint density at radius 3 is 2.38 bits per heavy atom. The third-order valence-electron chi connectivity index (χ3n) is 3.88. The number of hydrogen-bond acceptors (Lipinski definition) is 4. The van der Waals surface area contributed by atoms with Crippen molar-refractivity contribution in [2.24, 2.45) is 5.92 Å². The van der Waals surface area contributed by atoms with Crippen LogP contribution in [-0.4, -0.2) is 27.1 Å². The molecular formula is C17H30N4. The molecule has 0 unspecified atom stereocenters. The van der Waals surface area contributed by atoms with E-state index >= 15 is 0 Å². The van der Waals surface area contributed by atoms with E-state index in [2.05, 4.69) is 68.2 Å². The standard InChI is InChI=1S/C17H30N4/c1-12(2)7-13-8-15(19-11-18-13)20-14-9-16(3,4)21-17(5,6)10-14/h8,11-12,14,21H,7,9-10H2,1-6H3,(H,18,19,20). The molecule has 0 radical (unpaired) electrons. The zero-order valence-corrected chi connectivity index (χ0v) is 14.3. The van der Waals surface area contributed by atoms with Crippen molar-refractivity contribution < 1.29 is 0 Å². The van der Waals surface area contributed by atoms with Crippen molar-refractivity contribution in [3.8, 4) is 0 Å². The Morgan fingerprint density at radius 2 is 1.81 bits per heavy atom. The molecule has 1 aliphatic heterocycles. The highest BCUT2D eigenvalue weighted by Crippen LogP contribution is 2.30. The van der Waals surface area contributed by atoms with Crippen LogP contribution >= 0.6 is 0 Å². The number of rotatable bonds is 4. The van der Waals surface area contributed by atoms with Crippen LogP contribution in [0.25, 0.3) is 0 Å². The summed E-state index contributed by atoms with van der Waals surface area (Å²) < 4.78 is 0. The van der Waals surface area contributed by atoms with Crippen molar-refractivity contribution in [3.63, 3.8) is 0 Å². The second-order valence-electron chi connectivity index (χ2n) is 8.13. The molecule has 0 saturated carbocycles. The van der Waals surface area contributed by atoms with E-state index < -0.39 is 0 Å². The first-order valence-electron chi connectivity index (χ1n) is 8.02. The van der Waals surface area contributed by atoms with E-state index in [-0.39, 0.29) is 11.1 Å². The van der Waals surface area contributed by atoms with Crippen LogP contribution in [0.1, 0.15) is 60.1 Å². The third-order valence-corrected chi connectivity index (χ3v) is 3.88. The topological polar surface area (TPSA) is 49.8 Å². The van der Waals surface area contributed by atoms with Crippen LogP contribution in [0.4, 0.5) is 5.82 Å². The fraction of sp³-hybridized carbons (Fsp3) is 0.765. The summed E-state index contributed by atoms with van der Waals surface area (Å²) in [7, 11) is 0. The second-order valence-corrected chi connectivity index (χ2v) is 8.13. The summed E-state index contributed by atoms with van der Waals surface area (Å²) in [5, 5.41) is 7.33. The molecule has 0 aromatic carbocycles. The van der Waals surface area contributed by atoms with Gasteiger partial charge in [-0.2, -0.15) is 0 Å². The van der Waals surface area contributed by atoms with Gasteiger partial charge in [0.2, 0.25) is 0 Å². The molecule has 0 atom stereocenters. The molecule has 4 heteroatoms. The van der Waals surface area contributed by atoms with E-state index in [0.717, 1.165) is 30.8 Å².